The molecule has 1 saturated heterocycles. The minimum Gasteiger partial charge on any atom is -0.493 e. The van der Waals surface area contributed by atoms with Gasteiger partial charge in [-0.1, -0.05) is 36.4 Å². The highest BCUT2D eigenvalue weighted by Gasteiger charge is 2.28. The monoisotopic (exact) mass is 600 g/mol. The number of aliphatic hydroxyl groups excluding tert-OH is 1. The molecule has 0 aliphatic carbocycles. The number of fused-ring (bicyclic) bond motifs is 2. The summed E-state index contributed by atoms with van der Waals surface area (Å²) in [4.78, 5) is 17.6. The fraction of sp³-hybridized carbons (Fsp3) is 0.353. The van der Waals surface area contributed by atoms with E-state index in [0.29, 0.717) is 79.0 Å². The number of hydrogen-bond donors (Lipinski definition) is 3. The van der Waals surface area contributed by atoms with Gasteiger partial charge in [0.05, 0.1) is 37.1 Å². The van der Waals surface area contributed by atoms with Crippen LogP contribution in [0.5, 0.6) is 5.75 Å². The third-order valence-corrected chi connectivity index (χ3v) is 8.57. The molecule has 1 fully saturated rings. The highest BCUT2D eigenvalue weighted by atomic mass is 19.1. The number of rotatable bonds is 11. The molecule has 9 nitrogen and oxygen atoms in total. The van der Waals surface area contributed by atoms with Gasteiger partial charge in [0, 0.05) is 54.3 Å². The average molecular weight is 601 g/mol. The van der Waals surface area contributed by atoms with Crippen LogP contribution in [0.4, 0.5) is 4.39 Å². The number of benzene rings is 3. The number of aryl methyl sites for hydroxylation is 2. The maximum Gasteiger partial charge on any atom is 0.352 e. The summed E-state index contributed by atoms with van der Waals surface area (Å²) >= 11 is 0. The molecule has 2 aromatic heterocycles. The topological polar surface area (TPSA) is 113 Å². The van der Waals surface area contributed by atoms with E-state index in [1.165, 1.54) is 6.07 Å². The van der Waals surface area contributed by atoms with Crippen LogP contribution in [0, 0.1) is 12.7 Å². The van der Waals surface area contributed by atoms with Gasteiger partial charge in [0.2, 0.25) is 0 Å². The van der Waals surface area contributed by atoms with Crippen molar-refractivity contribution in [3.8, 4) is 16.9 Å². The van der Waals surface area contributed by atoms with Crippen LogP contribution in [-0.2, 0) is 18.2 Å². The number of H-pyrrole nitrogens is 1. The summed E-state index contributed by atoms with van der Waals surface area (Å²) in [6.45, 7) is 5.78. The van der Waals surface area contributed by atoms with E-state index in [1.54, 1.807) is 17.8 Å². The molecule has 1 atom stereocenters. The molecule has 0 bridgehead atoms. The number of carbonyl (C=O) groups is 1. The number of aliphatic hydroxyl groups is 1. The van der Waals surface area contributed by atoms with Crippen LogP contribution in [0.1, 0.15) is 46.4 Å². The lowest BCUT2D eigenvalue weighted by molar-refractivity contribution is 0.0297. The third-order valence-electron chi connectivity index (χ3n) is 8.57. The molecule has 1 unspecified atom stereocenters. The number of nitrogens with zero attached hydrogens (tertiary/aromatic N) is 3. The lowest BCUT2D eigenvalue weighted by atomic mass is 9.95. The van der Waals surface area contributed by atoms with Crippen molar-refractivity contribution < 1.29 is 28.9 Å². The molecular weight excluding hydrogens is 563 g/mol. The van der Waals surface area contributed by atoms with E-state index in [0.717, 1.165) is 29.6 Å². The first-order chi connectivity index (χ1) is 21.3. The summed E-state index contributed by atoms with van der Waals surface area (Å²) in [5.74, 6) is -0.859. The fourth-order valence-corrected chi connectivity index (χ4v) is 6.18. The zero-order valence-corrected chi connectivity index (χ0v) is 25.0. The lowest BCUT2D eigenvalue weighted by Gasteiger charge is -2.27. The number of nitrogens with one attached hydrogen (secondary N) is 1. The Hall–Kier alpha value is -4.25. The summed E-state index contributed by atoms with van der Waals surface area (Å²) in [7, 11) is 1.76. The van der Waals surface area contributed by atoms with Crippen LogP contribution in [-0.4, -0.2) is 75.3 Å². The normalized spacial score (nSPS) is 14.8. The SMILES string of the molecule is Cc1c(-c2c(F)ccc3c(CCCOc4cccc5ccccc45)c(C(=O)O)[nH]c23)c(C(O)CCN2CCOCC2)nn1C. The molecule has 0 spiro atoms. The van der Waals surface area contributed by atoms with E-state index < -0.39 is 17.9 Å². The van der Waals surface area contributed by atoms with Gasteiger partial charge in [-0.3, -0.25) is 9.58 Å². The van der Waals surface area contributed by atoms with E-state index in [-0.39, 0.29) is 11.3 Å². The molecule has 1 aliphatic heterocycles. The van der Waals surface area contributed by atoms with E-state index in [2.05, 4.69) is 15.0 Å². The smallest absolute Gasteiger partial charge is 0.352 e. The second kappa shape index (κ2) is 12.8. The first-order valence-corrected chi connectivity index (χ1v) is 15.0. The van der Waals surface area contributed by atoms with E-state index in [9.17, 15) is 15.0 Å². The van der Waals surface area contributed by atoms with Crippen molar-refractivity contribution in [1.82, 2.24) is 19.7 Å². The largest absolute Gasteiger partial charge is 0.493 e. The number of aromatic nitrogens is 3. The van der Waals surface area contributed by atoms with Crippen molar-refractivity contribution in [3.05, 3.63) is 83.1 Å². The predicted octanol–water partition coefficient (Wildman–Crippen LogP) is 5.63. The number of morpholine rings is 1. The average Bonchev–Trinajstić information content (AvgIpc) is 3.55. The molecule has 1 aliphatic rings. The minimum absolute atomic E-state index is 0.0213. The first-order valence-electron chi connectivity index (χ1n) is 15.0. The second-order valence-corrected chi connectivity index (χ2v) is 11.3. The highest BCUT2D eigenvalue weighted by molar-refractivity contribution is 6.03. The van der Waals surface area contributed by atoms with Crippen molar-refractivity contribution in [2.24, 2.45) is 7.05 Å². The number of carboxylic acids is 1. The van der Waals surface area contributed by atoms with E-state index in [1.807, 2.05) is 49.4 Å². The van der Waals surface area contributed by atoms with Gasteiger partial charge >= 0.3 is 5.97 Å². The van der Waals surface area contributed by atoms with Gasteiger partial charge in [-0.25, -0.2) is 9.18 Å². The minimum atomic E-state index is -1.12. The van der Waals surface area contributed by atoms with Gasteiger partial charge < -0.3 is 24.7 Å². The van der Waals surface area contributed by atoms with Crippen LogP contribution in [0.3, 0.4) is 0 Å². The van der Waals surface area contributed by atoms with Crippen LogP contribution < -0.4 is 4.74 Å². The van der Waals surface area contributed by atoms with Crippen LogP contribution >= 0.6 is 0 Å². The molecule has 230 valence electrons. The molecule has 3 N–H and O–H groups in total. The number of aromatic carboxylic acids is 1. The van der Waals surface area contributed by atoms with Crippen molar-refractivity contribution in [2.45, 2.75) is 32.3 Å². The fourth-order valence-electron chi connectivity index (χ4n) is 6.18. The maximum atomic E-state index is 15.8. The van der Waals surface area contributed by atoms with Crippen molar-refractivity contribution in [1.29, 1.82) is 0 Å². The summed E-state index contributed by atoms with van der Waals surface area (Å²) in [5, 5.41) is 28.7. The predicted molar refractivity (Wildman–Crippen MR) is 167 cm³/mol. The summed E-state index contributed by atoms with van der Waals surface area (Å²) in [6.07, 6.45) is 0.467. The quantitative estimate of drug-likeness (QED) is 0.168. The van der Waals surface area contributed by atoms with Gasteiger partial charge in [0.1, 0.15) is 17.3 Å². The van der Waals surface area contributed by atoms with Crippen molar-refractivity contribution in [2.75, 3.05) is 39.5 Å². The summed E-state index contributed by atoms with van der Waals surface area (Å²) < 4.78 is 28.9. The van der Waals surface area contributed by atoms with Gasteiger partial charge in [-0.05, 0) is 55.3 Å². The second-order valence-electron chi connectivity index (χ2n) is 11.3. The van der Waals surface area contributed by atoms with Gasteiger partial charge in [0.25, 0.3) is 0 Å². The van der Waals surface area contributed by atoms with Gasteiger partial charge in [-0.15, -0.1) is 0 Å². The Kier molecular flexibility index (Phi) is 8.65. The number of ether oxygens (including phenoxy) is 2. The number of halogens is 1. The Labute approximate surface area is 254 Å². The molecule has 6 rings (SSSR count). The lowest BCUT2D eigenvalue weighted by Crippen LogP contribution is -2.37. The number of aromatic amines is 1. The molecule has 3 heterocycles. The molecule has 0 radical (unpaired) electrons. The van der Waals surface area contributed by atoms with Gasteiger partial charge in [-0.2, -0.15) is 5.10 Å². The van der Waals surface area contributed by atoms with Crippen molar-refractivity contribution >= 4 is 27.6 Å². The van der Waals surface area contributed by atoms with E-state index in [4.69, 9.17) is 9.47 Å². The van der Waals surface area contributed by atoms with E-state index >= 15 is 4.39 Å². The van der Waals surface area contributed by atoms with Gasteiger partial charge in [0.15, 0.2) is 0 Å². The first kappa shape index (κ1) is 29.8. The molecule has 5 aromatic rings. The zero-order valence-electron chi connectivity index (χ0n) is 25.0. The number of hydrogen-bond acceptors (Lipinski definition) is 6. The Morgan fingerprint density at radius 1 is 1.09 bits per heavy atom. The molecule has 3 aromatic carbocycles. The Morgan fingerprint density at radius 2 is 1.86 bits per heavy atom. The van der Waals surface area contributed by atoms with Crippen LogP contribution in [0.2, 0.25) is 0 Å². The number of carboxylic acid groups (broad SMARTS) is 1. The Morgan fingerprint density at radius 3 is 2.66 bits per heavy atom. The van der Waals surface area contributed by atoms with Crippen LogP contribution in [0.15, 0.2) is 54.6 Å². The van der Waals surface area contributed by atoms with Crippen LogP contribution in [0.25, 0.3) is 32.8 Å². The van der Waals surface area contributed by atoms with Crippen molar-refractivity contribution in [3.63, 3.8) is 0 Å². The highest BCUT2D eigenvalue weighted by Crippen LogP contribution is 2.40. The summed E-state index contributed by atoms with van der Waals surface area (Å²) in [5.41, 5.74) is 2.74. The molecule has 10 heteroatoms. The standard InChI is InChI=1S/C34H37FN4O5/c1-21-29(33(37-38(21)2)27(40)14-15-39-16-19-43-20-17-39)30-26(35)13-12-25-24(32(34(41)42)36-31(25)30)10-6-18-44-28-11-5-8-22-7-3-4-9-23(22)28/h3-5,7-9,11-13,27,36,40H,6,10,14-20H2,1-2H3,(H,41,42). The zero-order chi connectivity index (χ0) is 30.8. The summed E-state index contributed by atoms with van der Waals surface area (Å²) in [6, 6.07) is 16.9. The molecule has 0 saturated carbocycles. The Balaban J connectivity index is 1.29. The Bertz CT molecular complexity index is 1800. The molecular formula is C34H37FN4O5. The maximum absolute atomic E-state index is 15.8. The third kappa shape index (κ3) is 5.80. The molecule has 0 amide bonds. The molecule has 44 heavy (non-hydrogen) atoms.